The second-order valence-electron chi connectivity index (χ2n) is 6.80. The summed E-state index contributed by atoms with van der Waals surface area (Å²) in [6.07, 6.45) is 4.67. The zero-order valence-corrected chi connectivity index (χ0v) is 17.2. The Morgan fingerprint density at radius 3 is 3.07 bits per heavy atom. The lowest BCUT2D eigenvalue weighted by Crippen LogP contribution is -2.17. The number of anilines is 1. The summed E-state index contributed by atoms with van der Waals surface area (Å²) in [5.74, 6) is 0.180. The van der Waals surface area contributed by atoms with E-state index in [1.165, 1.54) is 35.1 Å². The molecule has 0 saturated carbocycles. The van der Waals surface area contributed by atoms with Gasteiger partial charge >= 0.3 is 5.97 Å². The molecule has 1 atom stereocenters. The molecule has 28 heavy (non-hydrogen) atoms. The summed E-state index contributed by atoms with van der Waals surface area (Å²) in [4.78, 5) is 26.0. The van der Waals surface area contributed by atoms with E-state index >= 15 is 0 Å². The second-order valence-corrected chi connectivity index (χ2v) is 8.84. The molecule has 0 fully saturated rings. The van der Waals surface area contributed by atoms with Crippen LogP contribution in [0.2, 0.25) is 0 Å². The molecule has 9 heteroatoms. The molecule has 4 rings (SSSR count). The van der Waals surface area contributed by atoms with Crippen molar-refractivity contribution >= 4 is 45.6 Å². The maximum atomic E-state index is 12.5. The molecule has 1 aliphatic carbocycles. The van der Waals surface area contributed by atoms with Gasteiger partial charge in [-0.2, -0.15) is 0 Å². The number of ether oxygens (including phenoxy) is 1. The van der Waals surface area contributed by atoms with Gasteiger partial charge in [0.25, 0.3) is 0 Å². The lowest BCUT2D eigenvalue weighted by Gasteiger charge is -2.18. The van der Waals surface area contributed by atoms with Crippen molar-refractivity contribution in [3.05, 3.63) is 40.4 Å². The van der Waals surface area contributed by atoms with Crippen LogP contribution < -0.4 is 5.32 Å². The lowest BCUT2D eigenvalue weighted by atomic mass is 9.88. The average molecular weight is 417 g/mol. The van der Waals surface area contributed by atoms with Crippen LogP contribution in [0.5, 0.6) is 0 Å². The van der Waals surface area contributed by atoms with E-state index < -0.39 is 5.97 Å². The van der Waals surface area contributed by atoms with Crippen molar-refractivity contribution in [2.75, 3.05) is 18.2 Å². The quantitative estimate of drug-likeness (QED) is 0.507. The van der Waals surface area contributed by atoms with Gasteiger partial charge in [0.1, 0.15) is 5.00 Å². The topological polar surface area (TPSA) is 85.6 Å². The number of carbonyl (C=O) groups is 2. The Bertz CT molecular complexity index is 1040. The van der Waals surface area contributed by atoms with E-state index in [1.807, 2.05) is 28.8 Å². The number of rotatable bonds is 5. The molecule has 3 aromatic heterocycles. The van der Waals surface area contributed by atoms with Gasteiger partial charge < -0.3 is 10.1 Å². The Kier molecular flexibility index (Phi) is 5.36. The minimum atomic E-state index is -0.390. The van der Waals surface area contributed by atoms with Crippen LogP contribution in [0.15, 0.2) is 29.6 Å². The zero-order chi connectivity index (χ0) is 19.7. The predicted octanol–water partition coefficient (Wildman–Crippen LogP) is 3.43. The molecule has 0 spiro atoms. The van der Waals surface area contributed by atoms with E-state index in [4.69, 9.17) is 4.74 Å². The summed E-state index contributed by atoms with van der Waals surface area (Å²) >= 11 is 2.79. The van der Waals surface area contributed by atoms with Crippen molar-refractivity contribution in [2.24, 2.45) is 5.92 Å². The van der Waals surface area contributed by atoms with Crippen LogP contribution in [-0.2, 0) is 22.4 Å². The fourth-order valence-electron chi connectivity index (χ4n) is 3.37. The van der Waals surface area contributed by atoms with Crippen molar-refractivity contribution in [1.82, 2.24) is 14.6 Å². The Hall–Kier alpha value is -2.39. The van der Waals surface area contributed by atoms with Crippen molar-refractivity contribution in [3.8, 4) is 0 Å². The largest absolute Gasteiger partial charge is 0.465 e. The van der Waals surface area contributed by atoms with E-state index in [0.717, 1.165) is 30.5 Å². The smallest absolute Gasteiger partial charge is 0.341 e. The number of aromatic nitrogens is 3. The highest BCUT2D eigenvalue weighted by molar-refractivity contribution is 7.99. The molecule has 1 N–H and O–H groups in total. The van der Waals surface area contributed by atoms with Gasteiger partial charge in [0.15, 0.2) is 10.8 Å². The fraction of sp³-hybridized carbons (Fsp3) is 0.368. The molecule has 0 aromatic carbocycles. The summed E-state index contributed by atoms with van der Waals surface area (Å²) in [6, 6.07) is 5.64. The predicted molar refractivity (Wildman–Crippen MR) is 109 cm³/mol. The van der Waals surface area contributed by atoms with E-state index in [1.54, 1.807) is 0 Å². The zero-order valence-electron chi connectivity index (χ0n) is 15.6. The molecular formula is C19H20N4O3S2. The highest BCUT2D eigenvalue weighted by Crippen LogP contribution is 2.40. The maximum Gasteiger partial charge on any atom is 0.341 e. The molecule has 3 heterocycles. The van der Waals surface area contributed by atoms with Crippen LogP contribution in [0.3, 0.4) is 0 Å². The molecule has 0 bridgehead atoms. The molecular weight excluding hydrogens is 396 g/mol. The number of hydrogen-bond acceptors (Lipinski definition) is 7. The van der Waals surface area contributed by atoms with Crippen molar-refractivity contribution < 1.29 is 14.3 Å². The number of carbonyl (C=O) groups excluding carboxylic acids is 2. The standard InChI is InChI=1S/C19H20N4O3S2/c1-11-6-7-12-13(9-11)28-17(16(12)18(25)26-2)20-15(24)10-27-19-22-21-14-5-3-4-8-23(14)19/h3-5,8,11H,6-7,9-10H2,1-2H3,(H,20,24). The first kappa shape index (κ1) is 18.9. The summed E-state index contributed by atoms with van der Waals surface area (Å²) in [5.41, 5.74) is 2.28. The Morgan fingerprint density at radius 1 is 1.39 bits per heavy atom. The van der Waals surface area contributed by atoms with Crippen LogP contribution >= 0.6 is 23.1 Å². The normalized spacial score (nSPS) is 16.0. The van der Waals surface area contributed by atoms with E-state index in [9.17, 15) is 9.59 Å². The minimum absolute atomic E-state index is 0.176. The van der Waals surface area contributed by atoms with Crippen LogP contribution in [0.25, 0.3) is 5.65 Å². The number of thioether (sulfide) groups is 1. The summed E-state index contributed by atoms with van der Waals surface area (Å²) < 4.78 is 6.80. The van der Waals surface area contributed by atoms with E-state index in [2.05, 4.69) is 22.4 Å². The Labute approximate surface area is 170 Å². The summed E-state index contributed by atoms with van der Waals surface area (Å²) in [6.45, 7) is 2.21. The maximum absolute atomic E-state index is 12.5. The second kappa shape index (κ2) is 7.92. The number of amides is 1. The number of nitrogens with zero attached hydrogens (tertiary/aromatic N) is 3. The van der Waals surface area contributed by atoms with E-state index in [0.29, 0.717) is 21.6 Å². The lowest BCUT2D eigenvalue weighted by molar-refractivity contribution is -0.113. The van der Waals surface area contributed by atoms with Crippen LogP contribution in [0, 0.1) is 5.92 Å². The van der Waals surface area contributed by atoms with Gasteiger partial charge in [0.05, 0.1) is 18.4 Å². The van der Waals surface area contributed by atoms with Gasteiger partial charge in [0.2, 0.25) is 5.91 Å². The van der Waals surface area contributed by atoms with Gasteiger partial charge in [-0.25, -0.2) is 4.79 Å². The molecule has 1 aliphatic rings. The molecule has 3 aromatic rings. The molecule has 0 aliphatic heterocycles. The van der Waals surface area contributed by atoms with Crippen molar-refractivity contribution in [1.29, 1.82) is 0 Å². The van der Waals surface area contributed by atoms with Gasteiger partial charge in [-0.05, 0) is 42.9 Å². The van der Waals surface area contributed by atoms with Crippen LogP contribution in [0.4, 0.5) is 5.00 Å². The van der Waals surface area contributed by atoms with Gasteiger partial charge in [-0.3, -0.25) is 9.20 Å². The van der Waals surface area contributed by atoms with Crippen LogP contribution in [-0.4, -0.2) is 39.3 Å². The number of thiophene rings is 1. The Balaban J connectivity index is 1.50. The first-order chi connectivity index (χ1) is 13.6. The fourth-order valence-corrected chi connectivity index (χ4v) is 5.51. The average Bonchev–Trinajstić information content (AvgIpc) is 3.26. The number of esters is 1. The SMILES string of the molecule is COC(=O)c1c(NC(=O)CSc2nnc3ccccn23)sc2c1CCC(C)C2. The monoisotopic (exact) mass is 416 g/mol. The molecule has 7 nitrogen and oxygen atoms in total. The first-order valence-corrected chi connectivity index (χ1v) is 10.8. The molecule has 0 radical (unpaired) electrons. The Morgan fingerprint density at radius 2 is 2.25 bits per heavy atom. The van der Waals surface area contributed by atoms with Gasteiger partial charge in [0, 0.05) is 11.1 Å². The van der Waals surface area contributed by atoms with Gasteiger partial charge in [-0.1, -0.05) is 24.8 Å². The van der Waals surface area contributed by atoms with E-state index in [-0.39, 0.29) is 11.7 Å². The number of nitrogens with one attached hydrogen (secondary N) is 1. The third kappa shape index (κ3) is 3.64. The molecule has 146 valence electrons. The third-order valence-corrected chi connectivity index (χ3v) is 6.88. The molecule has 0 saturated heterocycles. The number of fused-ring (bicyclic) bond motifs is 2. The number of hydrogen-bond donors (Lipinski definition) is 1. The number of pyridine rings is 1. The summed E-state index contributed by atoms with van der Waals surface area (Å²) in [5, 5.41) is 12.3. The van der Waals surface area contributed by atoms with Crippen molar-refractivity contribution in [2.45, 2.75) is 31.3 Å². The third-order valence-electron chi connectivity index (χ3n) is 4.77. The van der Waals surface area contributed by atoms with Crippen molar-refractivity contribution in [3.63, 3.8) is 0 Å². The molecule has 1 unspecified atom stereocenters. The highest BCUT2D eigenvalue weighted by Gasteiger charge is 2.28. The van der Waals surface area contributed by atoms with Gasteiger partial charge in [-0.15, -0.1) is 21.5 Å². The first-order valence-electron chi connectivity index (χ1n) is 9.02. The number of methoxy groups -OCH3 is 1. The minimum Gasteiger partial charge on any atom is -0.465 e. The highest BCUT2D eigenvalue weighted by atomic mass is 32.2. The van der Waals surface area contributed by atoms with Crippen LogP contribution in [0.1, 0.15) is 34.1 Å². The molecule has 1 amide bonds. The summed E-state index contributed by atoms with van der Waals surface area (Å²) in [7, 11) is 1.37.